The van der Waals surface area contributed by atoms with Gasteiger partial charge in [0, 0.05) is 30.3 Å². The topological polar surface area (TPSA) is 58.6 Å². The van der Waals surface area contributed by atoms with Crippen LogP contribution in [0.3, 0.4) is 0 Å². The van der Waals surface area contributed by atoms with Crippen LogP contribution in [0.25, 0.3) is 0 Å². The van der Waals surface area contributed by atoms with Crippen LogP contribution in [0.5, 0.6) is 5.75 Å². The molecule has 118 valence electrons. The molecule has 0 unspecified atom stereocenters. The van der Waals surface area contributed by atoms with Crippen molar-refractivity contribution in [1.82, 2.24) is 5.32 Å². The van der Waals surface area contributed by atoms with E-state index in [0.717, 1.165) is 5.69 Å². The summed E-state index contributed by atoms with van der Waals surface area (Å²) in [6.45, 7) is 0.463. The number of carbonyl (C=O) groups is 2. The van der Waals surface area contributed by atoms with E-state index in [1.807, 2.05) is 42.5 Å². The number of nitrogens with zero attached hydrogens (tertiary/aromatic N) is 1. The lowest BCUT2D eigenvalue weighted by Crippen LogP contribution is -2.37. The summed E-state index contributed by atoms with van der Waals surface area (Å²) >= 11 is 0. The summed E-state index contributed by atoms with van der Waals surface area (Å²) in [5.74, 6) is 0.541. The monoisotopic (exact) mass is 310 g/mol. The van der Waals surface area contributed by atoms with Crippen molar-refractivity contribution in [3.63, 3.8) is 0 Å². The Morgan fingerprint density at radius 3 is 2.70 bits per heavy atom. The van der Waals surface area contributed by atoms with Crippen LogP contribution < -0.4 is 15.0 Å². The Bertz CT molecular complexity index is 715. The van der Waals surface area contributed by atoms with E-state index in [1.165, 1.54) is 0 Å². The molecular formula is C18H18N2O3. The third kappa shape index (κ3) is 3.34. The first-order valence-corrected chi connectivity index (χ1v) is 7.47. The fourth-order valence-corrected chi connectivity index (χ4v) is 2.69. The minimum atomic E-state index is -0.193. The number of hydrogen-bond donors (Lipinski definition) is 1. The van der Waals surface area contributed by atoms with Gasteiger partial charge in [0.2, 0.25) is 5.91 Å². The fraction of sp³-hybridized carbons (Fsp3) is 0.222. The van der Waals surface area contributed by atoms with Crippen LogP contribution in [0.15, 0.2) is 54.6 Å². The molecule has 23 heavy (non-hydrogen) atoms. The summed E-state index contributed by atoms with van der Waals surface area (Å²) in [4.78, 5) is 26.1. The van der Waals surface area contributed by atoms with E-state index in [9.17, 15) is 9.59 Å². The number of methoxy groups -OCH3 is 1. The van der Waals surface area contributed by atoms with Crippen molar-refractivity contribution in [2.24, 2.45) is 0 Å². The predicted octanol–water partition coefficient (Wildman–Crippen LogP) is 2.23. The van der Waals surface area contributed by atoms with Gasteiger partial charge < -0.3 is 15.0 Å². The molecular weight excluding hydrogens is 292 g/mol. The van der Waals surface area contributed by atoms with Gasteiger partial charge >= 0.3 is 0 Å². The molecule has 5 heteroatoms. The molecule has 0 aromatic heterocycles. The molecule has 0 radical (unpaired) electrons. The Morgan fingerprint density at radius 2 is 1.96 bits per heavy atom. The second-order valence-electron chi connectivity index (χ2n) is 5.45. The maximum atomic E-state index is 12.2. The molecule has 0 bridgehead atoms. The fourth-order valence-electron chi connectivity index (χ4n) is 2.69. The highest BCUT2D eigenvalue weighted by Crippen LogP contribution is 2.25. The number of nitrogens with one attached hydrogen (secondary N) is 1. The smallest absolute Gasteiger partial charge is 0.251 e. The van der Waals surface area contributed by atoms with Crippen LogP contribution in [-0.2, 0) is 4.79 Å². The highest BCUT2D eigenvalue weighted by molar-refractivity contribution is 5.99. The minimum Gasteiger partial charge on any atom is -0.497 e. The van der Waals surface area contributed by atoms with Crippen molar-refractivity contribution in [1.29, 1.82) is 0 Å². The number of amides is 2. The molecule has 0 aliphatic carbocycles. The van der Waals surface area contributed by atoms with Gasteiger partial charge in [0.05, 0.1) is 13.2 Å². The Morgan fingerprint density at radius 1 is 1.17 bits per heavy atom. The normalized spacial score (nSPS) is 17.2. The first kappa shape index (κ1) is 15.1. The third-order valence-corrected chi connectivity index (χ3v) is 3.86. The Labute approximate surface area is 134 Å². The highest BCUT2D eigenvalue weighted by Gasteiger charge is 2.31. The van der Waals surface area contributed by atoms with Gasteiger partial charge in [-0.3, -0.25) is 9.59 Å². The lowest BCUT2D eigenvalue weighted by molar-refractivity contribution is -0.117. The summed E-state index contributed by atoms with van der Waals surface area (Å²) in [7, 11) is 1.59. The number of ether oxygens (including phenoxy) is 1. The maximum Gasteiger partial charge on any atom is 0.251 e. The van der Waals surface area contributed by atoms with Gasteiger partial charge in [-0.25, -0.2) is 0 Å². The van der Waals surface area contributed by atoms with Crippen molar-refractivity contribution in [2.45, 2.75) is 12.5 Å². The lowest BCUT2D eigenvalue weighted by atomic mass is 10.2. The van der Waals surface area contributed by atoms with Crippen molar-refractivity contribution in [2.75, 3.05) is 18.6 Å². The van der Waals surface area contributed by atoms with E-state index in [2.05, 4.69) is 5.32 Å². The van der Waals surface area contributed by atoms with Crippen molar-refractivity contribution in [3.8, 4) is 5.75 Å². The van der Waals surface area contributed by atoms with E-state index in [1.54, 1.807) is 24.1 Å². The first-order valence-electron chi connectivity index (χ1n) is 7.47. The van der Waals surface area contributed by atoms with Crippen LogP contribution in [0.1, 0.15) is 16.8 Å². The van der Waals surface area contributed by atoms with Crippen LogP contribution in [0.4, 0.5) is 5.69 Å². The number of carbonyl (C=O) groups excluding carboxylic acids is 2. The molecule has 1 N–H and O–H groups in total. The van der Waals surface area contributed by atoms with Gasteiger partial charge in [-0.2, -0.15) is 0 Å². The Kier molecular flexibility index (Phi) is 4.28. The number of anilines is 1. The van der Waals surface area contributed by atoms with Gasteiger partial charge in [-0.05, 0) is 24.3 Å². The van der Waals surface area contributed by atoms with Crippen molar-refractivity contribution in [3.05, 3.63) is 60.2 Å². The highest BCUT2D eigenvalue weighted by atomic mass is 16.5. The zero-order valence-electron chi connectivity index (χ0n) is 12.9. The van der Waals surface area contributed by atoms with Crippen LogP contribution in [0.2, 0.25) is 0 Å². The molecule has 1 aliphatic rings. The van der Waals surface area contributed by atoms with Gasteiger partial charge in [0.25, 0.3) is 5.91 Å². The Hall–Kier alpha value is -2.82. The zero-order chi connectivity index (χ0) is 16.2. The van der Waals surface area contributed by atoms with Crippen molar-refractivity contribution < 1.29 is 14.3 Å². The van der Waals surface area contributed by atoms with E-state index in [-0.39, 0.29) is 17.9 Å². The molecule has 2 aromatic rings. The quantitative estimate of drug-likeness (QED) is 0.942. The largest absolute Gasteiger partial charge is 0.497 e. The minimum absolute atomic E-state index is 0.00313. The first-order chi connectivity index (χ1) is 11.2. The van der Waals surface area contributed by atoms with E-state index >= 15 is 0 Å². The standard InChI is InChI=1S/C18H18N2O3/c1-23-16-9-5-8-15(11-16)20-12-14(10-17(20)21)19-18(22)13-6-3-2-4-7-13/h2-9,11,14H,10,12H2,1H3,(H,19,22)/t14-/m0/s1. The molecule has 1 fully saturated rings. The molecule has 5 nitrogen and oxygen atoms in total. The van der Waals surface area contributed by atoms with Crippen molar-refractivity contribution >= 4 is 17.5 Å². The number of benzene rings is 2. The maximum absolute atomic E-state index is 12.2. The number of hydrogen-bond acceptors (Lipinski definition) is 3. The molecule has 0 spiro atoms. The average molecular weight is 310 g/mol. The summed E-state index contributed by atoms with van der Waals surface area (Å²) in [6.07, 6.45) is 0.301. The van der Waals surface area contributed by atoms with Gasteiger partial charge in [0.15, 0.2) is 0 Å². The second kappa shape index (κ2) is 6.52. The second-order valence-corrected chi connectivity index (χ2v) is 5.45. The van der Waals surface area contributed by atoms with Crippen LogP contribution >= 0.6 is 0 Å². The van der Waals surface area contributed by atoms with Gasteiger partial charge in [0.1, 0.15) is 5.75 Å². The SMILES string of the molecule is COc1cccc(N2C[C@@H](NC(=O)c3ccccc3)CC2=O)c1. The van der Waals surface area contributed by atoms with E-state index in [4.69, 9.17) is 4.74 Å². The summed E-state index contributed by atoms with van der Waals surface area (Å²) in [6, 6.07) is 16.2. The summed E-state index contributed by atoms with van der Waals surface area (Å²) in [5.41, 5.74) is 1.38. The van der Waals surface area contributed by atoms with E-state index in [0.29, 0.717) is 24.3 Å². The lowest BCUT2D eigenvalue weighted by Gasteiger charge is -2.18. The zero-order valence-corrected chi connectivity index (χ0v) is 12.9. The molecule has 1 saturated heterocycles. The molecule has 1 aliphatic heterocycles. The molecule has 2 aromatic carbocycles. The summed E-state index contributed by atoms with van der Waals surface area (Å²) in [5, 5.41) is 2.92. The molecule has 1 heterocycles. The van der Waals surface area contributed by atoms with E-state index < -0.39 is 0 Å². The molecule has 0 saturated carbocycles. The Balaban J connectivity index is 1.69. The molecule has 2 amide bonds. The average Bonchev–Trinajstić information content (AvgIpc) is 2.96. The predicted molar refractivity (Wildman–Crippen MR) is 87.7 cm³/mol. The van der Waals surface area contributed by atoms with Crippen LogP contribution in [0, 0.1) is 0 Å². The number of rotatable bonds is 4. The summed E-state index contributed by atoms with van der Waals surface area (Å²) < 4.78 is 5.19. The van der Waals surface area contributed by atoms with Crippen LogP contribution in [-0.4, -0.2) is 31.5 Å². The third-order valence-electron chi connectivity index (χ3n) is 3.86. The molecule has 1 atom stereocenters. The van der Waals surface area contributed by atoms with Gasteiger partial charge in [-0.1, -0.05) is 24.3 Å². The van der Waals surface area contributed by atoms with Gasteiger partial charge in [-0.15, -0.1) is 0 Å². The molecule has 3 rings (SSSR count).